The van der Waals surface area contributed by atoms with E-state index >= 15 is 0 Å². The van der Waals surface area contributed by atoms with Crippen LogP contribution in [0.3, 0.4) is 0 Å². The molecule has 0 fully saturated rings. The third-order valence-corrected chi connectivity index (χ3v) is 4.54. The van der Waals surface area contributed by atoms with E-state index in [4.69, 9.17) is 5.73 Å². The van der Waals surface area contributed by atoms with E-state index in [2.05, 4.69) is 19.8 Å². The van der Waals surface area contributed by atoms with Crippen LogP contribution in [0.5, 0.6) is 0 Å². The van der Waals surface area contributed by atoms with Gasteiger partial charge in [0.2, 0.25) is 10.0 Å². The predicted molar refractivity (Wildman–Crippen MR) is 69.7 cm³/mol. The predicted octanol–water partition coefficient (Wildman–Crippen LogP) is 0.0733. The summed E-state index contributed by atoms with van der Waals surface area (Å²) in [5.74, 6) is 0.517. The van der Waals surface area contributed by atoms with Gasteiger partial charge in [-0.05, 0) is 13.8 Å². The Morgan fingerprint density at radius 1 is 1.53 bits per heavy atom. The molecular weight excluding hydrogens is 268 g/mol. The van der Waals surface area contributed by atoms with Gasteiger partial charge in [-0.15, -0.1) is 0 Å². The Labute approximate surface area is 111 Å². The minimum Gasteiger partial charge on any atom is -0.381 e. The first-order valence-corrected chi connectivity index (χ1v) is 7.12. The minimum atomic E-state index is -3.74. The first kappa shape index (κ1) is 13.6. The Morgan fingerprint density at radius 2 is 2.21 bits per heavy atom. The van der Waals surface area contributed by atoms with Crippen molar-refractivity contribution in [1.29, 1.82) is 0 Å². The van der Waals surface area contributed by atoms with Crippen molar-refractivity contribution in [2.75, 3.05) is 5.73 Å². The highest BCUT2D eigenvalue weighted by Crippen LogP contribution is 2.22. The molecule has 19 heavy (non-hydrogen) atoms. The number of aromatic amines is 1. The molecule has 104 valence electrons. The number of anilines is 1. The van der Waals surface area contributed by atoms with Gasteiger partial charge in [0.25, 0.3) is 0 Å². The van der Waals surface area contributed by atoms with Crippen LogP contribution in [0.4, 0.5) is 5.82 Å². The normalized spacial score (nSPS) is 13.6. The summed E-state index contributed by atoms with van der Waals surface area (Å²) in [5.41, 5.74) is 6.13. The van der Waals surface area contributed by atoms with Gasteiger partial charge in [-0.2, -0.15) is 5.10 Å². The van der Waals surface area contributed by atoms with Crippen LogP contribution in [-0.4, -0.2) is 28.2 Å². The molecule has 2 rings (SSSR count). The van der Waals surface area contributed by atoms with Crippen molar-refractivity contribution in [3.05, 3.63) is 23.9 Å². The molecular formula is C10H16N6O2S. The van der Waals surface area contributed by atoms with Crippen molar-refractivity contribution in [2.45, 2.75) is 24.8 Å². The number of imidazole rings is 1. The van der Waals surface area contributed by atoms with Crippen LogP contribution in [0.25, 0.3) is 0 Å². The quantitative estimate of drug-likeness (QED) is 0.734. The summed E-state index contributed by atoms with van der Waals surface area (Å²) in [7, 11) is -2.10. The van der Waals surface area contributed by atoms with E-state index in [0.717, 1.165) is 0 Å². The molecule has 2 aromatic heterocycles. The molecule has 8 nitrogen and oxygen atoms in total. The zero-order valence-electron chi connectivity index (χ0n) is 10.9. The van der Waals surface area contributed by atoms with Crippen molar-refractivity contribution in [3.8, 4) is 0 Å². The highest BCUT2D eigenvalue weighted by atomic mass is 32.2. The summed E-state index contributed by atoms with van der Waals surface area (Å²) >= 11 is 0. The summed E-state index contributed by atoms with van der Waals surface area (Å²) < 4.78 is 28.6. The zero-order chi connectivity index (χ0) is 14.2. The number of H-pyrrole nitrogens is 1. The number of aromatic nitrogens is 4. The average Bonchev–Trinajstić information content (AvgIpc) is 2.87. The van der Waals surface area contributed by atoms with E-state index in [1.165, 1.54) is 4.68 Å². The molecule has 2 aromatic rings. The maximum absolute atomic E-state index is 12.3. The Hall–Kier alpha value is -1.87. The Morgan fingerprint density at radius 3 is 2.68 bits per heavy atom. The van der Waals surface area contributed by atoms with Gasteiger partial charge in [0.1, 0.15) is 10.7 Å². The van der Waals surface area contributed by atoms with E-state index in [-0.39, 0.29) is 10.7 Å². The highest BCUT2D eigenvalue weighted by Gasteiger charge is 2.27. The molecule has 0 amide bonds. The molecule has 0 radical (unpaired) electrons. The number of nitrogens with zero attached hydrogens (tertiary/aromatic N) is 3. The SMILES string of the molecule is Cc1c(S(=O)(=O)NC(C)c2ncc[nH]2)c(N)nn1C. The van der Waals surface area contributed by atoms with Gasteiger partial charge >= 0.3 is 0 Å². The van der Waals surface area contributed by atoms with Crippen molar-refractivity contribution in [1.82, 2.24) is 24.5 Å². The summed E-state index contributed by atoms with van der Waals surface area (Å²) in [6.45, 7) is 3.34. The number of nitrogens with one attached hydrogen (secondary N) is 2. The van der Waals surface area contributed by atoms with Crippen LogP contribution in [0.15, 0.2) is 17.3 Å². The molecule has 9 heteroatoms. The monoisotopic (exact) mass is 284 g/mol. The second kappa shape index (κ2) is 4.67. The number of rotatable bonds is 4. The molecule has 1 unspecified atom stereocenters. The second-order valence-corrected chi connectivity index (χ2v) is 5.89. The first-order chi connectivity index (χ1) is 8.83. The summed E-state index contributed by atoms with van der Waals surface area (Å²) in [4.78, 5) is 6.87. The Bertz CT molecular complexity index is 673. The van der Waals surface area contributed by atoms with E-state index in [1.807, 2.05) is 0 Å². The number of hydrogen-bond acceptors (Lipinski definition) is 5. The molecule has 4 N–H and O–H groups in total. The zero-order valence-corrected chi connectivity index (χ0v) is 11.7. The van der Waals surface area contributed by atoms with Crippen molar-refractivity contribution in [3.63, 3.8) is 0 Å². The molecule has 0 aromatic carbocycles. The van der Waals surface area contributed by atoms with Crippen LogP contribution in [-0.2, 0) is 17.1 Å². The van der Waals surface area contributed by atoms with Crippen LogP contribution in [0.1, 0.15) is 24.5 Å². The maximum atomic E-state index is 12.3. The van der Waals surface area contributed by atoms with Gasteiger partial charge in [-0.1, -0.05) is 0 Å². The first-order valence-electron chi connectivity index (χ1n) is 5.63. The van der Waals surface area contributed by atoms with Crippen molar-refractivity contribution < 1.29 is 8.42 Å². The molecule has 2 heterocycles. The lowest BCUT2D eigenvalue weighted by Gasteiger charge is -2.12. The number of hydrogen-bond donors (Lipinski definition) is 3. The summed E-state index contributed by atoms with van der Waals surface area (Å²) in [5, 5.41) is 3.90. The van der Waals surface area contributed by atoms with Gasteiger partial charge in [0.05, 0.1) is 11.7 Å². The maximum Gasteiger partial charge on any atom is 0.246 e. The molecule has 0 aliphatic rings. The minimum absolute atomic E-state index is 0.00778. The van der Waals surface area contributed by atoms with Gasteiger partial charge < -0.3 is 10.7 Å². The van der Waals surface area contributed by atoms with Crippen molar-refractivity contribution >= 4 is 15.8 Å². The van der Waals surface area contributed by atoms with E-state index < -0.39 is 16.1 Å². The highest BCUT2D eigenvalue weighted by molar-refractivity contribution is 7.89. The lowest BCUT2D eigenvalue weighted by Crippen LogP contribution is -2.28. The molecule has 0 saturated heterocycles. The fourth-order valence-corrected chi connectivity index (χ4v) is 3.34. The Kier molecular flexibility index (Phi) is 3.33. The van der Waals surface area contributed by atoms with Gasteiger partial charge in [0.15, 0.2) is 5.82 Å². The van der Waals surface area contributed by atoms with Gasteiger partial charge in [0, 0.05) is 19.4 Å². The van der Waals surface area contributed by atoms with Crippen LogP contribution >= 0.6 is 0 Å². The van der Waals surface area contributed by atoms with E-state index in [0.29, 0.717) is 11.5 Å². The lowest BCUT2D eigenvalue weighted by atomic mass is 10.3. The number of sulfonamides is 1. The third-order valence-electron chi connectivity index (χ3n) is 2.83. The summed E-state index contributed by atoms with van der Waals surface area (Å²) in [6, 6.07) is -0.487. The largest absolute Gasteiger partial charge is 0.381 e. The van der Waals surface area contributed by atoms with E-state index in [9.17, 15) is 8.42 Å². The molecule has 1 atom stereocenters. The van der Waals surface area contributed by atoms with Gasteiger partial charge in [-0.25, -0.2) is 18.1 Å². The molecule has 0 spiro atoms. The number of aryl methyl sites for hydroxylation is 1. The fourth-order valence-electron chi connectivity index (χ4n) is 1.81. The second-order valence-electron chi connectivity index (χ2n) is 4.24. The molecule has 0 aliphatic heterocycles. The van der Waals surface area contributed by atoms with Crippen LogP contribution in [0, 0.1) is 6.92 Å². The lowest BCUT2D eigenvalue weighted by molar-refractivity contribution is 0.560. The Balaban J connectivity index is 2.33. The van der Waals surface area contributed by atoms with Crippen LogP contribution < -0.4 is 10.5 Å². The van der Waals surface area contributed by atoms with Crippen molar-refractivity contribution in [2.24, 2.45) is 7.05 Å². The van der Waals surface area contributed by atoms with E-state index in [1.54, 1.807) is 33.3 Å². The molecule has 0 aliphatic carbocycles. The number of nitrogens with two attached hydrogens (primary N) is 1. The van der Waals surface area contributed by atoms with Gasteiger partial charge in [-0.3, -0.25) is 4.68 Å². The summed E-state index contributed by atoms with van der Waals surface area (Å²) in [6.07, 6.45) is 3.19. The average molecular weight is 284 g/mol. The molecule has 0 saturated carbocycles. The molecule has 0 bridgehead atoms. The van der Waals surface area contributed by atoms with Crippen LogP contribution in [0.2, 0.25) is 0 Å². The third kappa shape index (κ3) is 2.47. The number of nitrogen functional groups attached to an aromatic ring is 1. The smallest absolute Gasteiger partial charge is 0.246 e. The fraction of sp³-hybridized carbons (Fsp3) is 0.400. The topological polar surface area (TPSA) is 119 Å². The standard InChI is InChI=1S/C10H16N6O2S/c1-6(10-12-4-5-13-10)15-19(17,18)8-7(2)16(3)14-9(8)11/h4-6,15H,1-3H3,(H2,11,14)(H,12,13).